The Hall–Kier alpha value is -2.09. The molecule has 1 amide bonds. The Morgan fingerprint density at radius 1 is 1.19 bits per heavy atom. The first-order valence-corrected chi connectivity index (χ1v) is 9.73. The van der Waals surface area contributed by atoms with E-state index in [0.717, 1.165) is 20.1 Å². The lowest BCUT2D eigenvalue weighted by Gasteiger charge is -2.12. The number of rotatable bonds is 6. The van der Waals surface area contributed by atoms with E-state index in [1.807, 2.05) is 31.2 Å². The number of amides is 1. The van der Waals surface area contributed by atoms with Crippen molar-refractivity contribution in [1.29, 1.82) is 0 Å². The van der Waals surface area contributed by atoms with Crippen LogP contribution in [0.3, 0.4) is 0 Å². The topological polar surface area (TPSA) is 71.7 Å². The zero-order chi connectivity index (χ0) is 19.4. The highest BCUT2D eigenvalue weighted by Gasteiger charge is 2.11. The molecule has 0 spiro atoms. The minimum absolute atomic E-state index is 0.110. The van der Waals surface area contributed by atoms with Crippen molar-refractivity contribution in [2.24, 2.45) is 0 Å². The van der Waals surface area contributed by atoms with Gasteiger partial charge in [0.15, 0.2) is 6.61 Å². The standard InChI is InChI=1S/C20H17Br2NO4/c1-12-7-14(21)9-17(22)20(12)26-11-19(25)23-15-4-2-3-13(8-15)18-6-5-16(10-24)27-18/h2-9,24H,10-11H2,1H3,(H,23,25). The average molecular weight is 495 g/mol. The van der Waals surface area contributed by atoms with E-state index in [-0.39, 0.29) is 19.1 Å². The summed E-state index contributed by atoms with van der Waals surface area (Å²) in [5.41, 5.74) is 2.36. The van der Waals surface area contributed by atoms with Gasteiger partial charge in [0.25, 0.3) is 5.91 Å². The van der Waals surface area contributed by atoms with E-state index < -0.39 is 0 Å². The second kappa shape index (κ2) is 8.73. The maximum Gasteiger partial charge on any atom is 0.262 e. The third-order valence-corrected chi connectivity index (χ3v) is 4.84. The van der Waals surface area contributed by atoms with Crippen molar-refractivity contribution in [3.05, 3.63) is 68.8 Å². The van der Waals surface area contributed by atoms with Crippen LogP contribution in [0.2, 0.25) is 0 Å². The number of anilines is 1. The molecule has 140 valence electrons. The van der Waals surface area contributed by atoms with Gasteiger partial charge in [-0.2, -0.15) is 0 Å². The monoisotopic (exact) mass is 493 g/mol. The minimum Gasteiger partial charge on any atom is -0.482 e. The predicted molar refractivity (Wildman–Crippen MR) is 111 cm³/mol. The number of carbonyl (C=O) groups excluding carboxylic acids is 1. The number of furan rings is 1. The van der Waals surface area contributed by atoms with Crippen LogP contribution in [-0.4, -0.2) is 17.6 Å². The molecule has 1 heterocycles. The summed E-state index contributed by atoms with van der Waals surface area (Å²) in [6.07, 6.45) is 0. The number of carbonyl (C=O) groups is 1. The fourth-order valence-corrected chi connectivity index (χ4v) is 4.13. The molecule has 0 fully saturated rings. The highest BCUT2D eigenvalue weighted by Crippen LogP contribution is 2.32. The molecule has 0 aliphatic carbocycles. The van der Waals surface area contributed by atoms with Crippen molar-refractivity contribution in [3.8, 4) is 17.1 Å². The summed E-state index contributed by atoms with van der Waals surface area (Å²) in [4.78, 5) is 12.3. The summed E-state index contributed by atoms with van der Waals surface area (Å²) in [5, 5.41) is 11.9. The van der Waals surface area contributed by atoms with Gasteiger partial charge in [0.2, 0.25) is 0 Å². The zero-order valence-electron chi connectivity index (χ0n) is 14.5. The number of hydrogen-bond donors (Lipinski definition) is 2. The summed E-state index contributed by atoms with van der Waals surface area (Å²) in [6.45, 7) is 1.65. The molecule has 3 rings (SSSR count). The molecular formula is C20H17Br2NO4. The van der Waals surface area contributed by atoms with Gasteiger partial charge in [0, 0.05) is 15.7 Å². The summed E-state index contributed by atoms with van der Waals surface area (Å²) in [5.74, 6) is 1.48. The first kappa shape index (κ1) is 19.7. The first-order valence-electron chi connectivity index (χ1n) is 8.14. The fourth-order valence-electron chi connectivity index (χ4n) is 2.57. The number of aliphatic hydroxyl groups excluding tert-OH is 1. The van der Waals surface area contributed by atoms with Gasteiger partial charge in [0.1, 0.15) is 23.9 Å². The second-order valence-electron chi connectivity index (χ2n) is 5.88. The number of aliphatic hydroxyl groups is 1. The zero-order valence-corrected chi connectivity index (χ0v) is 17.6. The predicted octanol–water partition coefficient (Wildman–Crippen LogP) is 5.29. The van der Waals surface area contributed by atoms with Crippen LogP contribution in [0.25, 0.3) is 11.3 Å². The van der Waals surface area contributed by atoms with E-state index in [4.69, 9.17) is 14.3 Å². The van der Waals surface area contributed by atoms with Crippen LogP contribution < -0.4 is 10.1 Å². The lowest BCUT2D eigenvalue weighted by molar-refractivity contribution is -0.118. The Labute approximate surface area is 173 Å². The van der Waals surface area contributed by atoms with Crippen LogP contribution >= 0.6 is 31.9 Å². The molecule has 0 atom stereocenters. The average Bonchev–Trinajstić information content (AvgIpc) is 3.10. The highest BCUT2D eigenvalue weighted by atomic mass is 79.9. The Morgan fingerprint density at radius 2 is 2.00 bits per heavy atom. The molecule has 27 heavy (non-hydrogen) atoms. The normalized spacial score (nSPS) is 10.7. The molecule has 2 N–H and O–H groups in total. The number of halogens is 2. The quantitative estimate of drug-likeness (QED) is 0.488. The van der Waals surface area contributed by atoms with Gasteiger partial charge in [0.05, 0.1) is 4.47 Å². The van der Waals surface area contributed by atoms with Gasteiger partial charge in [-0.05, 0) is 64.8 Å². The third kappa shape index (κ3) is 5.00. The lowest BCUT2D eigenvalue weighted by atomic mass is 10.1. The van der Waals surface area contributed by atoms with Crippen LogP contribution in [0.4, 0.5) is 5.69 Å². The smallest absolute Gasteiger partial charge is 0.262 e. The van der Waals surface area contributed by atoms with E-state index >= 15 is 0 Å². The molecule has 0 bridgehead atoms. The molecule has 7 heteroatoms. The molecule has 0 saturated carbocycles. The first-order chi connectivity index (χ1) is 13.0. The Bertz CT molecular complexity index is 945. The molecular weight excluding hydrogens is 478 g/mol. The fraction of sp³-hybridized carbons (Fsp3) is 0.150. The Balaban J connectivity index is 1.65. The molecule has 0 unspecified atom stereocenters. The van der Waals surface area contributed by atoms with Gasteiger partial charge in [-0.15, -0.1) is 0 Å². The number of benzene rings is 2. The minimum atomic E-state index is -0.267. The summed E-state index contributed by atoms with van der Waals surface area (Å²) < 4.78 is 12.9. The van der Waals surface area contributed by atoms with E-state index in [1.54, 1.807) is 24.3 Å². The van der Waals surface area contributed by atoms with E-state index in [2.05, 4.69) is 37.2 Å². The van der Waals surface area contributed by atoms with Crippen molar-refractivity contribution < 1.29 is 19.1 Å². The van der Waals surface area contributed by atoms with Crippen molar-refractivity contribution in [2.75, 3.05) is 11.9 Å². The van der Waals surface area contributed by atoms with Crippen LogP contribution in [0.5, 0.6) is 5.75 Å². The van der Waals surface area contributed by atoms with Gasteiger partial charge < -0.3 is 19.6 Å². The van der Waals surface area contributed by atoms with Crippen LogP contribution in [0.15, 0.2) is 61.9 Å². The van der Waals surface area contributed by atoms with Gasteiger partial charge in [-0.25, -0.2) is 0 Å². The summed E-state index contributed by atoms with van der Waals surface area (Å²) >= 11 is 6.86. The van der Waals surface area contributed by atoms with E-state index in [0.29, 0.717) is 23.0 Å². The molecule has 1 aromatic heterocycles. The largest absolute Gasteiger partial charge is 0.482 e. The highest BCUT2D eigenvalue weighted by molar-refractivity contribution is 9.11. The molecule has 3 aromatic rings. The van der Waals surface area contributed by atoms with Crippen molar-refractivity contribution in [2.45, 2.75) is 13.5 Å². The van der Waals surface area contributed by atoms with Crippen molar-refractivity contribution in [1.82, 2.24) is 0 Å². The lowest BCUT2D eigenvalue weighted by Crippen LogP contribution is -2.20. The van der Waals surface area contributed by atoms with E-state index in [9.17, 15) is 4.79 Å². The van der Waals surface area contributed by atoms with Gasteiger partial charge in [-0.1, -0.05) is 28.1 Å². The maximum absolute atomic E-state index is 12.3. The molecule has 5 nitrogen and oxygen atoms in total. The Morgan fingerprint density at radius 3 is 2.70 bits per heavy atom. The van der Waals surface area contributed by atoms with E-state index in [1.165, 1.54) is 0 Å². The SMILES string of the molecule is Cc1cc(Br)cc(Br)c1OCC(=O)Nc1cccc(-c2ccc(CO)o2)c1. The van der Waals surface area contributed by atoms with Crippen LogP contribution in [0.1, 0.15) is 11.3 Å². The molecule has 0 saturated heterocycles. The number of hydrogen-bond acceptors (Lipinski definition) is 4. The van der Waals surface area contributed by atoms with Crippen molar-refractivity contribution in [3.63, 3.8) is 0 Å². The number of ether oxygens (including phenoxy) is 1. The second-order valence-corrected chi connectivity index (χ2v) is 7.65. The summed E-state index contributed by atoms with van der Waals surface area (Å²) in [6, 6.07) is 14.6. The summed E-state index contributed by atoms with van der Waals surface area (Å²) in [7, 11) is 0. The molecule has 0 radical (unpaired) electrons. The van der Waals surface area contributed by atoms with Crippen LogP contribution in [0, 0.1) is 6.92 Å². The van der Waals surface area contributed by atoms with Gasteiger partial charge in [-0.3, -0.25) is 4.79 Å². The Kier molecular flexibility index (Phi) is 6.36. The molecule has 2 aromatic carbocycles. The molecule has 0 aliphatic heterocycles. The van der Waals surface area contributed by atoms with Gasteiger partial charge >= 0.3 is 0 Å². The maximum atomic E-state index is 12.3. The van der Waals surface area contributed by atoms with Crippen molar-refractivity contribution >= 4 is 43.5 Å². The number of nitrogens with one attached hydrogen (secondary N) is 1. The molecule has 0 aliphatic rings. The van der Waals surface area contributed by atoms with Crippen LogP contribution in [-0.2, 0) is 11.4 Å². The third-order valence-electron chi connectivity index (χ3n) is 3.79. The number of aryl methyl sites for hydroxylation is 1.